The number of rotatable bonds is 11. The molecular weight excluding hydrogens is 184 g/mol. The molecular formula is C14H28O. The maximum absolute atomic E-state index is 11.4. The summed E-state index contributed by atoms with van der Waals surface area (Å²) in [7, 11) is 0. The van der Waals surface area contributed by atoms with Gasteiger partial charge >= 0.3 is 0 Å². The molecule has 0 unspecified atom stereocenters. The Morgan fingerprint density at radius 3 is 1.53 bits per heavy atom. The fourth-order valence-corrected chi connectivity index (χ4v) is 1.80. The second kappa shape index (κ2) is 11.7. The van der Waals surface area contributed by atoms with E-state index in [-0.39, 0.29) is 0 Å². The first-order valence-corrected chi connectivity index (χ1v) is 6.83. The predicted molar refractivity (Wildman–Crippen MR) is 67.1 cm³/mol. The molecule has 0 aromatic carbocycles. The topological polar surface area (TPSA) is 17.1 Å². The Labute approximate surface area is 95.6 Å². The fourth-order valence-electron chi connectivity index (χ4n) is 1.80. The van der Waals surface area contributed by atoms with E-state index in [1.807, 2.05) is 0 Å². The zero-order valence-corrected chi connectivity index (χ0v) is 10.7. The first-order valence-electron chi connectivity index (χ1n) is 6.83. The molecule has 0 bridgehead atoms. The van der Waals surface area contributed by atoms with E-state index in [2.05, 4.69) is 13.8 Å². The predicted octanol–water partition coefficient (Wildman–Crippen LogP) is 4.89. The van der Waals surface area contributed by atoms with E-state index in [1.165, 1.54) is 44.9 Å². The third-order valence-electron chi connectivity index (χ3n) is 2.87. The van der Waals surface area contributed by atoms with Crippen molar-refractivity contribution in [2.45, 2.75) is 84.5 Å². The molecule has 0 N–H and O–H groups in total. The van der Waals surface area contributed by atoms with E-state index < -0.39 is 0 Å². The van der Waals surface area contributed by atoms with Gasteiger partial charge in [0, 0.05) is 12.8 Å². The second-order valence-electron chi connectivity index (χ2n) is 4.51. The Balaban J connectivity index is 3.11. The molecule has 0 aromatic heterocycles. The van der Waals surface area contributed by atoms with E-state index in [4.69, 9.17) is 0 Å². The first-order chi connectivity index (χ1) is 7.31. The van der Waals surface area contributed by atoms with Crippen LogP contribution >= 0.6 is 0 Å². The Kier molecular flexibility index (Phi) is 11.5. The molecule has 0 aromatic rings. The van der Waals surface area contributed by atoms with Crippen LogP contribution in [-0.4, -0.2) is 5.78 Å². The third kappa shape index (κ3) is 11.6. The molecule has 0 aliphatic heterocycles. The number of carbonyl (C=O) groups excluding carboxylic acids is 1. The quantitative estimate of drug-likeness (QED) is 0.446. The summed E-state index contributed by atoms with van der Waals surface area (Å²) < 4.78 is 0. The largest absolute Gasteiger partial charge is 0.300 e. The average molecular weight is 212 g/mol. The summed E-state index contributed by atoms with van der Waals surface area (Å²) >= 11 is 0. The van der Waals surface area contributed by atoms with Crippen LogP contribution in [0.1, 0.15) is 84.5 Å². The van der Waals surface area contributed by atoms with E-state index in [9.17, 15) is 4.79 Å². The van der Waals surface area contributed by atoms with E-state index in [0.29, 0.717) is 5.78 Å². The summed E-state index contributed by atoms with van der Waals surface area (Å²) in [6.07, 6.45) is 12.8. The number of unbranched alkanes of at least 4 members (excludes halogenated alkanes) is 7. The van der Waals surface area contributed by atoms with Gasteiger partial charge in [0.2, 0.25) is 0 Å². The SMILES string of the molecule is CCCCCCCC(=O)CCCCCC. The number of hydrogen-bond donors (Lipinski definition) is 0. The molecule has 0 aliphatic rings. The summed E-state index contributed by atoms with van der Waals surface area (Å²) in [6, 6.07) is 0. The van der Waals surface area contributed by atoms with Crippen LogP contribution in [0.15, 0.2) is 0 Å². The summed E-state index contributed by atoms with van der Waals surface area (Å²) in [4.78, 5) is 11.4. The van der Waals surface area contributed by atoms with Crippen LogP contribution in [0.5, 0.6) is 0 Å². The minimum atomic E-state index is 0.489. The molecule has 0 spiro atoms. The van der Waals surface area contributed by atoms with Crippen LogP contribution in [0.2, 0.25) is 0 Å². The fraction of sp³-hybridized carbons (Fsp3) is 0.929. The lowest BCUT2D eigenvalue weighted by Crippen LogP contribution is -1.97. The lowest BCUT2D eigenvalue weighted by Gasteiger charge is -2.01. The van der Waals surface area contributed by atoms with Crippen molar-refractivity contribution >= 4 is 5.78 Å². The van der Waals surface area contributed by atoms with Gasteiger partial charge in [-0.25, -0.2) is 0 Å². The molecule has 0 saturated heterocycles. The van der Waals surface area contributed by atoms with Gasteiger partial charge in [-0.1, -0.05) is 58.8 Å². The maximum Gasteiger partial charge on any atom is 0.132 e. The molecule has 0 atom stereocenters. The van der Waals surface area contributed by atoms with Crippen LogP contribution in [0.3, 0.4) is 0 Å². The average Bonchev–Trinajstić information content (AvgIpc) is 2.24. The van der Waals surface area contributed by atoms with Gasteiger partial charge in [-0.15, -0.1) is 0 Å². The standard InChI is InChI=1S/C14H28O/c1-3-5-7-9-11-13-14(15)12-10-8-6-4-2/h3-13H2,1-2H3. The molecule has 0 amide bonds. The van der Waals surface area contributed by atoms with Gasteiger partial charge in [0.15, 0.2) is 0 Å². The summed E-state index contributed by atoms with van der Waals surface area (Å²) in [5, 5.41) is 0. The van der Waals surface area contributed by atoms with Crippen molar-refractivity contribution in [3.05, 3.63) is 0 Å². The van der Waals surface area contributed by atoms with Gasteiger partial charge in [-0.3, -0.25) is 4.79 Å². The summed E-state index contributed by atoms with van der Waals surface area (Å²) in [5.74, 6) is 0.489. The van der Waals surface area contributed by atoms with Crippen molar-refractivity contribution in [1.29, 1.82) is 0 Å². The van der Waals surface area contributed by atoms with Crippen molar-refractivity contribution < 1.29 is 4.79 Å². The monoisotopic (exact) mass is 212 g/mol. The highest BCUT2D eigenvalue weighted by atomic mass is 16.1. The van der Waals surface area contributed by atoms with Gasteiger partial charge in [-0.2, -0.15) is 0 Å². The van der Waals surface area contributed by atoms with Crippen molar-refractivity contribution in [3.8, 4) is 0 Å². The molecule has 0 fully saturated rings. The highest BCUT2D eigenvalue weighted by Crippen LogP contribution is 2.09. The van der Waals surface area contributed by atoms with Gasteiger partial charge < -0.3 is 0 Å². The lowest BCUT2D eigenvalue weighted by atomic mass is 10.0. The first kappa shape index (κ1) is 14.7. The Bertz CT molecular complexity index is 140. The van der Waals surface area contributed by atoms with Gasteiger partial charge in [0.1, 0.15) is 5.78 Å². The van der Waals surface area contributed by atoms with Crippen molar-refractivity contribution in [1.82, 2.24) is 0 Å². The summed E-state index contributed by atoms with van der Waals surface area (Å²) in [5.41, 5.74) is 0. The Morgan fingerprint density at radius 2 is 1.07 bits per heavy atom. The van der Waals surface area contributed by atoms with Crippen molar-refractivity contribution in [2.24, 2.45) is 0 Å². The minimum Gasteiger partial charge on any atom is -0.300 e. The van der Waals surface area contributed by atoms with E-state index in [1.54, 1.807) is 0 Å². The van der Waals surface area contributed by atoms with E-state index in [0.717, 1.165) is 25.7 Å². The van der Waals surface area contributed by atoms with Crippen LogP contribution < -0.4 is 0 Å². The highest BCUT2D eigenvalue weighted by Gasteiger charge is 2.01. The molecule has 0 saturated carbocycles. The number of hydrogen-bond acceptors (Lipinski definition) is 1. The second-order valence-corrected chi connectivity index (χ2v) is 4.51. The summed E-state index contributed by atoms with van der Waals surface area (Å²) in [6.45, 7) is 4.43. The molecule has 15 heavy (non-hydrogen) atoms. The van der Waals surface area contributed by atoms with Gasteiger partial charge in [0.05, 0.1) is 0 Å². The van der Waals surface area contributed by atoms with Crippen LogP contribution in [0.4, 0.5) is 0 Å². The van der Waals surface area contributed by atoms with Gasteiger partial charge in [0.25, 0.3) is 0 Å². The molecule has 1 heteroatoms. The van der Waals surface area contributed by atoms with E-state index >= 15 is 0 Å². The molecule has 1 nitrogen and oxygen atoms in total. The smallest absolute Gasteiger partial charge is 0.132 e. The molecule has 0 heterocycles. The van der Waals surface area contributed by atoms with Crippen molar-refractivity contribution in [3.63, 3.8) is 0 Å². The Hall–Kier alpha value is -0.330. The maximum atomic E-state index is 11.4. The highest BCUT2D eigenvalue weighted by molar-refractivity contribution is 5.78. The van der Waals surface area contributed by atoms with Gasteiger partial charge in [-0.05, 0) is 12.8 Å². The molecule has 0 rings (SSSR count). The zero-order valence-electron chi connectivity index (χ0n) is 10.7. The van der Waals surface area contributed by atoms with Crippen LogP contribution in [-0.2, 0) is 4.79 Å². The third-order valence-corrected chi connectivity index (χ3v) is 2.87. The molecule has 0 aliphatic carbocycles. The molecule has 90 valence electrons. The molecule has 0 radical (unpaired) electrons. The number of Topliss-reactive ketones (excluding diaryl/α,β-unsaturated/α-hetero) is 1. The van der Waals surface area contributed by atoms with Crippen LogP contribution in [0.25, 0.3) is 0 Å². The number of ketones is 1. The normalized spacial score (nSPS) is 10.5. The lowest BCUT2D eigenvalue weighted by molar-refractivity contribution is -0.119. The zero-order chi connectivity index (χ0) is 11.4. The Morgan fingerprint density at radius 1 is 0.667 bits per heavy atom. The van der Waals surface area contributed by atoms with Crippen molar-refractivity contribution in [2.75, 3.05) is 0 Å². The number of carbonyl (C=O) groups is 1. The van der Waals surface area contributed by atoms with Crippen LogP contribution in [0, 0.1) is 0 Å². The minimum absolute atomic E-state index is 0.489.